The number of hydrogen-bond donors (Lipinski definition) is 1. The maximum Gasteiger partial charge on any atom is 0.336 e. The standard InChI is InChI=1S/C13H10FNO2/c1-8-6-9(14)2-3-10(8)12-7-15-5-4-11(12)13(16)17/h2-7H,1H3,(H,16,17). The van der Waals surface area contributed by atoms with Crippen LogP contribution in [-0.2, 0) is 0 Å². The minimum Gasteiger partial charge on any atom is -0.478 e. The molecule has 86 valence electrons. The predicted octanol–water partition coefficient (Wildman–Crippen LogP) is 2.89. The molecule has 0 aliphatic heterocycles. The van der Waals surface area contributed by atoms with Gasteiger partial charge in [0.1, 0.15) is 5.82 Å². The molecular formula is C13H10FNO2. The fraction of sp³-hybridized carbons (Fsp3) is 0.0769. The van der Waals surface area contributed by atoms with E-state index in [9.17, 15) is 9.18 Å². The Balaban J connectivity index is 2.64. The number of pyridine rings is 1. The number of aromatic carboxylic acids is 1. The smallest absolute Gasteiger partial charge is 0.336 e. The zero-order valence-electron chi connectivity index (χ0n) is 9.14. The number of nitrogens with zero attached hydrogens (tertiary/aromatic N) is 1. The highest BCUT2D eigenvalue weighted by molar-refractivity contribution is 5.96. The van der Waals surface area contributed by atoms with E-state index in [2.05, 4.69) is 4.98 Å². The molecule has 1 N–H and O–H groups in total. The Morgan fingerprint density at radius 2 is 2.06 bits per heavy atom. The third-order valence-electron chi connectivity index (χ3n) is 2.53. The molecule has 1 aromatic carbocycles. The second kappa shape index (κ2) is 4.33. The first-order valence-corrected chi connectivity index (χ1v) is 5.03. The zero-order valence-corrected chi connectivity index (χ0v) is 9.14. The van der Waals surface area contributed by atoms with Crippen molar-refractivity contribution < 1.29 is 14.3 Å². The van der Waals surface area contributed by atoms with Gasteiger partial charge in [0, 0.05) is 18.0 Å². The van der Waals surface area contributed by atoms with Gasteiger partial charge in [0.2, 0.25) is 0 Å². The fourth-order valence-corrected chi connectivity index (χ4v) is 1.72. The number of hydrogen-bond acceptors (Lipinski definition) is 2. The molecule has 17 heavy (non-hydrogen) atoms. The summed E-state index contributed by atoms with van der Waals surface area (Å²) in [5.41, 5.74) is 2.02. The lowest BCUT2D eigenvalue weighted by molar-refractivity contribution is 0.0697. The van der Waals surface area contributed by atoms with Crippen molar-refractivity contribution in [2.24, 2.45) is 0 Å². The van der Waals surface area contributed by atoms with Crippen molar-refractivity contribution in [2.75, 3.05) is 0 Å². The van der Waals surface area contributed by atoms with E-state index >= 15 is 0 Å². The van der Waals surface area contributed by atoms with Crippen molar-refractivity contribution in [1.29, 1.82) is 0 Å². The maximum absolute atomic E-state index is 13.0. The van der Waals surface area contributed by atoms with Crippen LogP contribution in [0.4, 0.5) is 4.39 Å². The molecule has 0 spiro atoms. The normalized spacial score (nSPS) is 10.2. The average molecular weight is 231 g/mol. The maximum atomic E-state index is 13.0. The molecule has 4 heteroatoms. The van der Waals surface area contributed by atoms with Gasteiger partial charge in [-0.3, -0.25) is 4.98 Å². The lowest BCUT2D eigenvalue weighted by atomic mass is 9.98. The van der Waals surface area contributed by atoms with Gasteiger partial charge in [0.25, 0.3) is 0 Å². The molecule has 2 aromatic rings. The Hall–Kier alpha value is -2.23. The predicted molar refractivity (Wildman–Crippen MR) is 61.3 cm³/mol. The topological polar surface area (TPSA) is 50.2 Å². The third-order valence-corrected chi connectivity index (χ3v) is 2.53. The van der Waals surface area contributed by atoms with Gasteiger partial charge in [-0.15, -0.1) is 0 Å². The van der Waals surface area contributed by atoms with Gasteiger partial charge < -0.3 is 5.11 Å². The average Bonchev–Trinajstić information content (AvgIpc) is 2.29. The minimum absolute atomic E-state index is 0.162. The molecule has 0 amide bonds. The van der Waals surface area contributed by atoms with Crippen LogP contribution in [0.5, 0.6) is 0 Å². The van der Waals surface area contributed by atoms with E-state index in [1.54, 1.807) is 13.0 Å². The summed E-state index contributed by atoms with van der Waals surface area (Å²) in [6, 6.07) is 5.67. The molecule has 2 rings (SSSR count). The van der Waals surface area contributed by atoms with Crippen LogP contribution in [-0.4, -0.2) is 16.1 Å². The SMILES string of the molecule is Cc1cc(F)ccc1-c1cnccc1C(=O)O. The van der Waals surface area contributed by atoms with Gasteiger partial charge in [-0.2, -0.15) is 0 Å². The molecule has 1 heterocycles. The van der Waals surface area contributed by atoms with Crippen molar-refractivity contribution in [3.8, 4) is 11.1 Å². The Bertz CT molecular complexity index is 581. The lowest BCUT2D eigenvalue weighted by Crippen LogP contribution is -2.00. The molecule has 0 radical (unpaired) electrons. The Labute approximate surface area is 97.6 Å². The molecular weight excluding hydrogens is 221 g/mol. The van der Waals surface area contributed by atoms with E-state index in [0.717, 1.165) is 0 Å². The fourth-order valence-electron chi connectivity index (χ4n) is 1.72. The highest BCUT2D eigenvalue weighted by Gasteiger charge is 2.13. The summed E-state index contributed by atoms with van der Waals surface area (Å²) in [4.78, 5) is 15.0. The van der Waals surface area contributed by atoms with E-state index in [1.807, 2.05) is 0 Å². The summed E-state index contributed by atoms with van der Waals surface area (Å²) >= 11 is 0. The van der Waals surface area contributed by atoms with E-state index in [-0.39, 0.29) is 11.4 Å². The number of carbonyl (C=O) groups is 1. The highest BCUT2D eigenvalue weighted by atomic mass is 19.1. The van der Waals surface area contributed by atoms with Crippen LogP contribution < -0.4 is 0 Å². The van der Waals surface area contributed by atoms with Crippen LogP contribution >= 0.6 is 0 Å². The quantitative estimate of drug-likeness (QED) is 0.864. The first-order valence-electron chi connectivity index (χ1n) is 5.03. The first kappa shape index (κ1) is 11.3. The van der Waals surface area contributed by atoms with Gasteiger partial charge in [0.05, 0.1) is 5.56 Å². The zero-order chi connectivity index (χ0) is 12.4. The van der Waals surface area contributed by atoms with E-state index in [1.165, 1.54) is 30.6 Å². The van der Waals surface area contributed by atoms with E-state index in [4.69, 9.17) is 5.11 Å². The molecule has 0 bridgehead atoms. The Morgan fingerprint density at radius 1 is 1.29 bits per heavy atom. The largest absolute Gasteiger partial charge is 0.478 e. The monoisotopic (exact) mass is 231 g/mol. The van der Waals surface area contributed by atoms with Crippen molar-refractivity contribution in [2.45, 2.75) is 6.92 Å². The van der Waals surface area contributed by atoms with Crippen molar-refractivity contribution in [3.05, 3.63) is 53.6 Å². The third kappa shape index (κ3) is 2.15. The number of carboxylic acid groups (broad SMARTS) is 1. The summed E-state index contributed by atoms with van der Waals surface area (Å²) in [5.74, 6) is -1.36. The van der Waals surface area contributed by atoms with Crippen LogP contribution in [0.2, 0.25) is 0 Å². The summed E-state index contributed by atoms with van der Waals surface area (Å²) in [7, 11) is 0. The number of carboxylic acids is 1. The molecule has 3 nitrogen and oxygen atoms in total. The molecule has 0 aliphatic rings. The summed E-state index contributed by atoms with van der Waals surface area (Å²) in [5, 5.41) is 9.07. The van der Waals surface area contributed by atoms with Crippen LogP contribution in [0.3, 0.4) is 0 Å². The first-order chi connectivity index (χ1) is 8.09. The van der Waals surface area contributed by atoms with Crippen molar-refractivity contribution in [3.63, 3.8) is 0 Å². The number of aryl methyl sites for hydroxylation is 1. The van der Waals surface area contributed by atoms with Crippen molar-refractivity contribution in [1.82, 2.24) is 4.98 Å². The lowest BCUT2D eigenvalue weighted by Gasteiger charge is -2.08. The van der Waals surface area contributed by atoms with Crippen LogP contribution in [0, 0.1) is 12.7 Å². The summed E-state index contributed by atoms with van der Waals surface area (Å²) < 4.78 is 13.0. The summed E-state index contributed by atoms with van der Waals surface area (Å²) in [6.45, 7) is 1.73. The molecule has 0 unspecified atom stereocenters. The Morgan fingerprint density at radius 3 is 2.71 bits per heavy atom. The van der Waals surface area contributed by atoms with Gasteiger partial charge in [-0.25, -0.2) is 9.18 Å². The van der Waals surface area contributed by atoms with Gasteiger partial charge in [0.15, 0.2) is 0 Å². The van der Waals surface area contributed by atoms with Crippen LogP contribution in [0.15, 0.2) is 36.7 Å². The Kier molecular flexibility index (Phi) is 2.87. The van der Waals surface area contributed by atoms with Gasteiger partial charge in [-0.1, -0.05) is 6.07 Å². The molecule has 0 saturated heterocycles. The molecule has 0 atom stereocenters. The second-order valence-electron chi connectivity index (χ2n) is 3.69. The minimum atomic E-state index is -1.02. The highest BCUT2D eigenvalue weighted by Crippen LogP contribution is 2.26. The van der Waals surface area contributed by atoms with Crippen molar-refractivity contribution >= 4 is 5.97 Å². The van der Waals surface area contributed by atoms with Crippen LogP contribution in [0.25, 0.3) is 11.1 Å². The second-order valence-corrected chi connectivity index (χ2v) is 3.69. The summed E-state index contributed by atoms with van der Waals surface area (Å²) in [6.07, 6.45) is 2.90. The number of benzene rings is 1. The molecule has 0 fully saturated rings. The van der Waals surface area contributed by atoms with Gasteiger partial charge in [-0.05, 0) is 36.2 Å². The molecule has 0 aliphatic carbocycles. The van der Waals surface area contributed by atoms with E-state index < -0.39 is 5.97 Å². The number of rotatable bonds is 2. The number of halogens is 1. The molecule has 0 saturated carbocycles. The number of aromatic nitrogens is 1. The van der Waals surface area contributed by atoms with Gasteiger partial charge >= 0.3 is 5.97 Å². The van der Waals surface area contributed by atoms with Crippen LogP contribution in [0.1, 0.15) is 15.9 Å². The van der Waals surface area contributed by atoms with E-state index in [0.29, 0.717) is 16.7 Å². The molecule has 1 aromatic heterocycles.